The zero-order chi connectivity index (χ0) is 13.9. The maximum atomic E-state index is 11.0. The van der Waals surface area contributed by atoms with E-state index in [4.69, 9.17) is 5.11 Å². The summed E-state index contributed by atoms with van der Waals surface area (Å²) in [5.41, 5.74) is 2.15. The van der Waals surface area contributed by atoms with Gasteiger partial charge in [-0.3, -0.25) is 4.79 Å². The molecule has 0 aliphatic carbocycles. The monoisotopic (exact) mass is 251 g/mol. The molecule has 98 valence electrons. The Balaban J connectivity index is 2.94. The Morgan fingerprint density at radius 3 is 2.17 bits per heavy atom. The van der Waals surface area contributed by atoms with Crippen LogP contribution < -0.4 is 5.32 Å². The average Bonchev–Trinajstić information content (AvgIpc) is 2.24. The molecular formula is C13H17NO4. The Kier molecular flexibility index (Phi) is 4.31. The molecule has 1 atom stereocenters. The second-order valence-corrected chi connectivity index (χ2v) is 4.37. The molecule has 0 saturated carbocycles. The summed E-state index contributed by atoms with van der Waals surface area (Å²) in [6, 6.07) is 2.49. The van der Waals surface area contributed by atoms with Crippen molar-refractivity contribution in [2.45, 2.75) is 33.2 Å². The number of nitrogens with one attached hydrogen (secondary N) is 1. The standard InChI is InChI=1S/C13H17NO4/c1-7-4-10(5-8(2)12(7)16)6-11(13(17)18)14-9(3)15/h4-5,11,16H,6H2,1-3H3,(H,14,15)(H,17,18)/t11-/m0/s1. The highest BCUT2D eigenvalue weighted by Gasteiger charge is 2.19. The fourth-order valence-electron chi connectivity index (χ4n) is 1.84. The molecule has 0 spiro atoms. The summed E-state index contributed by atoms with van der Waals surface area (Å²) < 4.78 is 0. The number of carboxylic acids is 1. The van der Waals surface area contributed by atoms with Crippen molar-refractivity contribution >= 4 is 11.9 Å². The number of aryl methyl sites for hydroxylation is 2. The lowest BCUT2D eigenvalue weighted by Gasteiger charge is -2.14. The van der Waals surface area contributed by atoms with E-state index in [1.54, 1.807) is 26.0 Å². The number of aliphatic carboxylic acids is 1. The Morgan fingerprint density at radius 1 is 1.28 bits per heavy atom. The number of amides is 1. The van der Waals surface area contributed by atoms with Crippen LogP contribution in [0.2, 0.25) is 0 Å². The van der Waals surface area contributed by atoms with Gasteiger partial charge in [0.05, 0.1) is 0 Å². The molecule has 1 amide bonds. The predicted molar refractivity (Wildman–Crippen MR) is 66.5 cm³/mol. The Bertz CT molecular complexity index is 459. The Morgan fingerprint density at radius 2 is 1.78 bits per heavy atom. The minimum atomic E-state index is -1.08. The van der Waals surface area contributed by atoms with Gasteiger partial charge in [0.15, 0.2) is 0 Å². The van der Waals surface area contributed by atoms with E-state index in [1.165, 1.54) is 6.92 Å². The van der Waals surface area contributed by atoms with Crippen molar-refractivity contribution in [3.8, 4) is 5.75 Å². The first-order valence-corrected chi connectivity index (χ1v) is 5.60. The highest BCUT2D eigenvalue weighted by atomic mass is 16.4. The number of carbonyl (C=O) groups excluding carboxylic acids is 1. The topological polar surface area (TPSA) is 86.6 Å². The Labute approximate surface area is 105 Å². The smallest absolute Gasteiger partial charge is 0.326 e. The number of hydrogen-bond donors (Lipinski definition) is 3. The quantitative estimate of drug-likeness (QED) is 0.749. The van der Waals surface area contributed by atoms with Crippen molar-refractivity contribution in [3.05, 3.63) is 28.8 Å². The van der Waals surface area contributed by atoms with Gasteiger partial charge in [0.1, 0.15) is 11.8 Å². The summed E-state index contributed by atoms with van der Waals surface area (Å²) in [6.07, 6.45) is 0.191. The van der Waals surface area contributed by atoms with Crippen LogP contribution in [0.3, 0.4) is 0 Å². The maximum Gasteiger partial charge on any atom is 0.326 e. The van der Waals surface area contributed by atoms with Crippen LogP contribution >= 0.6 is 0 Å². The lowest BCUT2D eigenvalue weighted by molar-refractivity contribution is -0.141. The van der Waals surface area contributed by atoms with Gasteiger partial charge in [-0.15, -0.1) is 0 Å². The minimum absolute atomic E-state index is 0.191. The first kappa shape index (κ1) is 14.0. The molecule has 1 aromatic carbocycles. The molecule has 1 aromatic rings. The van der Waals surface area contributed by atoms with Gasteiger partial charge in [-0.25, -0.2) is 4.79 Å². The molecule has 0 aromatic heterocycles. The van der Waals surface area contributed by atoms with E-state index in [0.29, 0.717) is 11.1 Å². The van der Waals surface area contributed by atoms with Crippen LogP contribution in [-0.2, 0) is 16.0 Å². The van der Waals surface area contributed by atoms with Crippen LogP contribution in [0.15, 0.2) is 12.1 Å². The van der Waals surface area contributed by atoms with Gasteiger partial charge < -0.3 is 15.5 Å². The summed E-state index contributed by atoms with van der Waals surface area (Å²) in [4.78, 5) is 21.9. The Hall–Kier alpha value is -2.04. The van der Waals surface area contributed by atoms with Gasteiger partial charge in [0.2, 0.25) is 5.91 Å². The average molecular weight is 251 g/mol. The number of phenols is 1. The van der Waals surface area contributed by atoms with Gasteiger partial charge in [-0.05, 0) is 30.5 Å². The third-order valence-electron chi connectivity index (χ3n) is 2.67. The molecule has 0 aliphatic heterocycles. The first-order valence-electron chi connectivity index (χ1n) is 5.60. The van der Waals surface area contributed by atoms with E-state index >= 15 is 0 Å². The van der Waals surface area contributed by atoms with Crippen LogP contribution in [0, 0.1) is 13.8 Å². The van der Waals surface area contributed by atoms with Crippen LogP contribution in [0.25, 0.3) is 0 Å². The zero-order valence-corrected chi connectivity index (χ0v) is 10.7. The highest BCUT2D eigenvalue weighted by Crippen LogP contribution is 2.23. The number of carbonyl (C=O) groups is 2. The third-order valence-corrected chi connectivity index (χ3v) is 2.67. The molecule has 5 heteroatoms. The number of phenolic OH excluding ortho intramolecular Hbond substituents is 1. The summed E-state index contributed by atoms with van der Waals surface area (Å²) >= 11 is 0. The highest BCUT2D eigenvalue weighted by molar-refractivity contribution is 5.82. The van der Waals surface area contributed by atoms with E-state index in [2.05, 4.69) is 5.32 Å². The largest absolute Gasteiger partial charge is 0.507 e. The number of rotatable bonds is 4. The van der Waals surface area contributed by atoms with Crippen molar-refractivity contribution in [1.82, 2.24) is 5.32 Å². The van der Waals surface area contributed by atoms with E-state index in [-0.39, 0.29) is 18.1 Å². The predicted octanol–water partition coefficient (Wildman–Crippen LogP) is 1.14. The van der Waals surface area contributed by atoms with E-state index in [9.17, 15) is 14.7 Å². The molecule has 1 rings (SSSR count). The molecule has 5 nitrogen and oxygen atoms in total. The van der Waals surface area contributed by atoms with Crippen molar-refractivity contribution in [2.75, 3.05) is 0 Å². The normalized spacial score (nSPS) is 11.9. The number of benzene rings is 1. The van der Waals surface area contributed by atoms with Gasteiger partial charge in [0.25, 0.3) is 0 Å². The number of hydrogen-bond acceptors (Lipinski definition) is 3. The van der Waals surface area contributed by atoms with Crippen LogP contribution in [0.5, 0.6) is 5.75 Å². The van der Waals surface area contributed by atoms with Gasteiger partial charge >= 0.3 is 5.97 Å². The van der Waals surface area contributed by atoms with Gasteiger partial charge in [-0.2, -0.15) is 0 Å². The lowest BCUT2D eigenvalue weighted by atomic mass is 10.00. The van der Waals surface area contributed by atoms with Crippen LogP contribution in [0.4, 0.5) is 0 Å². The van der Waals surface area contributed by atoms with E-state index in [0.717, 1.165) is 5.56 Å². The molecule has 0 unspecified atom stereocenters. The molecule has 0 bridgehead atoms. The first-order chi connectivity index (χ1) is 8.31. The van der Waals surface area contributed by atoms with E-state index < -0.39 is 12.0 Å². The second-order valence-electron chi connectivity index (χ2n) is 4.37. The summed E-state index contributed by atoms with van der Waals surface area (Å²) in [5, 5.41) is 21.0. The summed E-state index contributed by atoms with van der Waals surface area (Å²) in [6.45, 7) is 4.78. The molecular weight excluding hydrogens is 234 g/mol. The SMILES string of the molecule is CC(=O)N[C@@H](Cc1cc(C)c(O)c(C)c1)C(=O)O. The molecule has 0 radical (unpaired) electrons. The van der Waals surface area contributed by atoms with Crippen LogP contribution in [-0.4, -0.2) is 28.1 Å². The summed E-state index contributed by atoms with van der Waals surface area (Å²) in [7, 11) is 0. The molecule has 3 N–H and O–H groups in total. The van der Waals surface area contributed by atoms with Crippen LogP contribution in [0.1, 0.15) is 23.6 Å². The fourth-order valence-corrected chi connectivity index (χ4v) is 1.84. The lowest BCUT2D eigenvalue weighted by Crippen LogP contribution is -2.41. The maximum absolute atomic E-state index is 11.0. The van der Waals surface area contributed by atoms with Crippen molar-refractivity contribution in [3.63, 3.8) is 0 Å². The number of carboxylic acid groups (broad SMARTS) is 1. The fraction of sp³-hybridized carbons (Fsp3) is 0.385. The molecule has 0 heterocycles. The van der Waals surface area contributed by atoms with E-state index in [1.807, 2.05) is 0 Å². The number of aromatic hydroxyl groups is 1. The molecule has 0 saturated heterocycles. The van der Waals surface area contributed by atoms with Crippen molar-refractivity contribution in [2.24, 2.45) is 0 Å². The van der Waals surface area contributed by atoms with Crippen molar-refractivity contribution < 1.29 is 19.8 Å². The summed E-state index contributed by atoms with van der Waals surface area (Å²) in [5.74, 6) is -1.24. The molecule has 18 heavy (non-hydrogen) atoms. The van der Waals surface area contributed by atoms with Gasteiger partial charge in [-0.1, -0.05) is 12.1 Å². The second kappa shape index (κ2) is 5.53. The van der Waals surface area contributed by atoms with Gasteiger partial charge in [0, 0.05) is 13.3 Å². The zero-order valence-electron chi connectivity index (χ0n) is 10.7. The third kappa shape index (κ3) is 3.48. The molecule has 0 fully saturated rings. The molecule has 0 aliphatic rings. The van der Waals surface area contributed by atoms with Crippen molar-refractivity contribution in [1.29, 1.82) is 0 Å². The minimum Gasteiger partial charge on any atom is -0.507 e.